The van der Waals surface area contributed by atoms with Gasteiger partial charge in [0.15, 0.2) is 0 Å². The summed E-state index contributed by atoms with van der Waals surface area (Å²) in [5.74, 6) is 0. The van der Waals surface area contributed by atoms with E-state index in [1.54, 1.807) is 0 Å². The van der Waals surface area contributed by atoms with Gasteiger partial charge in [-0.05, 0) is 130 Å². The Labute approximate surface area is 294 Å². The number of furan rings is 1. The second-order valence-electron chi connectivity index (χ2n) is 13.7. The van der Waals surface area contributed by atoms with Crippen LogP contribution >= 0.6 is 0 Å². The minimum atomic E-state index is 0.911. The van der Waals surface area contributed by atoms with E-state index in [0.29, 0.717) is 0 Å². The van der Waals surface area contributed by atoms with Gasteiger partial charge < -0.3 is 4.42 Å². The van der Waals surface area contributed by atoms with Crippen molar-refractivity contribution < 1.29 is 4.42 Å². The van der Waals surface area contributed by atoms with Crippen molar-refractivity contribution in [1.29, 1.82) is 0 Å². The first-order valence-corrected chi connectivity index (χ1v) is 17.6. The van der Waals surface area contributed by atoms with E-state index in [2.05, 4.69) is 182 Å². The quantitative estimate of drug-likeness (QED) is 0.174. The van der Waals surface area contributed by atoms with E-state index < -0.39 is 0 Å². The number of benzene rings is 10. The number of rotatable bonds is 3. The van der Waals surface area contributed by atoms with E-state index >= 15 is 0 Å². The van der Waals surface area contributed by atoms with Gasteiger partial charge in [0, 0.05) is 10.8 Å². The third kappa shape index (κ3) is 4.42. The molecule has 11 aromatic rings. The Morgan fingerprint density at radius 3 is 1.24 bits per heavy atom. The highest BCUT2D eigenvalue weighted by Crippen LogP contribution is 2.45. The van der Waals surface area contributed by atoms with Crippen LogP contribution in [0.1, 0.15) is 0 Å². The molecule has 0 spiro atoms. The van der Waals surface area contributed by atoms with Crippen LogP contribution in [-0.2, 0) is 0 Å². The van der Waals surface area contributed by atoms with Crippen LogP contribution in [0.3, 0.4) is 0 Å². The van der Waals surface area contributed by atoms with Crippen molar-refractivity contribution in [1.82, 2.24) is 0 Å². The van der Waals surface area contributed by atoms with Gasteiger partial charge in [0.1, 0.15) is 11.2 Å². The largest absolute Gasteiger partial charge is 0.456 e. The van der Waals surface area contributed by atoms with E-state index in [4.69, 9.17) is 4.42 Å². The molecular formula is C50H30O. The van der Waals surface area contributed by atoms with Crippen LogP contribution in [0.4, 0.5) is 0 Å². The molecule has 1 nitrogen and oxygen atoms in total. The standard InChI is InChI=1S/C50H30O/c1-2-10-32-25-35(18-17-31(32)9-1)36-19-20-38-27-39(22-21-37(38)26-36)49-41-13-5-7-15-43(41)50(44-16-8-6-14-42(44)49)40-23-24-47-45(29-40)46-28-33-11-3-4-12-34(33)30-48(46)51-47/h1-30H. The second-order valence-corrected chi connectivity index (χ2v) is 13.7. The van der Waals surface area contributed by atoms with Gasteiger partial charge in [0.2, 0.25) is 0 Å². The number of hydrogen-bond acceptors (Lipinski definition) is 1. The Kier molecular flexibility index (Phi) is 6.02. The molecule has 1 aromatic heterocycles. The molecule has 10 aromatic carbocycles. The van der Waals surface area contributed by atoms with Crippen molar-refractivity contribution in [2.45, 2.75) is 0 Å². The molecule has 0 saturated heterocycles. The maximum absolute atomic E-state index is 6.39. The first-order valence-electron chi connectivity index (χ1n) is 17.6. The van der Waals surface area contributed by atoms with Crippen molar-refractivity contribution in [3.05, 3.63) is 182 Å². The highest BCUT2D eigenvalue weighted by atomic mass is 16.3. The van der Waals surface area contributed by atoms with Gasteiger partial charge in [-0.2, -0.15) is 0 Å². The maximum atomic E-state index is 6.39. The minimum Gasteiger partial charge on any atom is -0.456 e. The Bertz CT molecular complexity index is 3140. The van der Waals surface area contributed by atoms with Gasteiger partial charge in [0.25, 0.3) is 0 Å². The molecule has 0 radical (unpaired) electrons. The summed E-state index contributed by atoms with van der Waals surface area (Å²) in [7, 11) is 0. The van der Waals surface area contributed by atoms with Crippen molar-refractivity contribution in [3.63, 3.8) is 0 Å². The number of fused-ring (bicyclic) bond motifs is 8. The minimum absolute atomic E-state index is 0.911. The van der Waals surface area contributed by atoms with Crippen LogP contribution in [0.15, 0.2) is 186 Å². The van der Waals surface area contributed by atoms with E-state index in [1.165, 1.54) is 87.2 Å². The predicted molar refractivity (Wildman–Crippen MR) is 218 cm³/mol. The highest BCUT2D eigenvalue weighted by molar-refractivity contribution is 6.22. The number of hydrogen-bond donors (Lipinski definition) is 0. The lowest BCUT2D eigenvalue weighted by molar-refractivity contribution is 0.669. The predicted octanol–water partition coefficient (Wildman–Crippen LogP) is 14.4. The van der Waals surface area contributed by atoms with E-state index in [1.807, 2.05) is 0 Å². The Morgan fingerprint density at radius 1 is 0.235 bits per heavy atom. The fraction of sp³-hybridized carbons (Fsp3) is 0. The lowest BCUT2D eigenvalue weighted by Crippen LogP contribution is -1.91. The smallest absolute Gasteiger partial charge is 0.136 e. The molecule has 0 atom stereocenters. The molecule has 0 saturated carbocycles. The zero-order valence-corrected chi connectivity index (χ0v) is 27.7. The summed E-state index contributed by atoms with van der Waals surface area (Å²) >= 11 is 0. The van der Waals surface area contributed by atoms with Gasteiger partial charge in [-0.1, -0.05) is 140 Å². The molecular weight excluding hydrogens is 617 g/mol. The molecule has 1 heterocycles. The first kappa shape index (κ1) is 28.2. The Hall–Kier alpha value is -6.70. The van der Waals surface area contributed by atoms with Crippen molar-refractivity contribution >= 4 is 75.8 Å². The van der Waals surface area contributed by atoms with Crippen molar-refractivity contribution in [2.75, 3.05) is 0 Å². The molecule has 0 bridgehead atoms. The van der Waals surface area contributed by atoms with Gasteiger partial charge >= 0.3 is 0 Å². The molecule has 0 N–H and O–H groups in total. The van der Waals surface area contributed by atoms with Crippen LogP contribution in [0, 0.1) is 0 Å². The maximum Gasteiger partial charge on any atom is 0.136 e. The summed E-state index contributed by atoms with van der Waals surface area (Å²) in [6, 6.07) is 66.5. The lowest BCUT2D eigenvalue weighted by Gasteiger charge is -2.18. The highest BCUT2D eigenvalue weighted by Gasteiger charge is 2.18. The third-order valence-electron chi connectivity index (χ3n) is 10.8. The van der Waals surface area contributed by atoms with E-state index in [9.17, 15) is 0 Å². The molecule has 11 rings (SSSR count). The van der Waals surface area contributed by atoms with Gasteiger partial charge in [-0.3, -0.25) is 0 Å². The van der Waals surface area contributed by atoms with E-state index in [-0.39, 0.29) is 0 Å². The van der Waals surface area contributed by atoms with Crippen LogP contribution < -0.4 is 0 Å². The summed E-state index contributed by atoms with van der Waals surface area (Å²) in [6.45, 7) is 0. The molecule has 236 valence electrons. The zero-order chi connectivity index (χ0) is 33.5. The Morgan fingerprint density at radius 2 is 0.627 bits per heavy atom. The molecule has 0 aliphatic heterocycles. The summed E-state index contributed by atoms with van der Waals surface area (Å²) in [5.41, 5.74) is 9.24. The average molecular weight is 647 g/mol. The second kappa shape index (κ2) is 10.9. The molecule has 0 aliphatic carbocycles. The molecule has 0 unspecified atom stereocenters. The average Bonchev–Trinajstić information content (AvgIpc) is 3.55. The summed E-state index contributed by atoms with van der Waals surface area (Å²) in [6.07, 6.45) is 0. The van der Waals surface area contributed by atoms with Crippen molar-refractivity contribution in [2.24, 2.45) is 0 Å². The molecule has 0 fully saturated rings. The Balaban J connectivity index is 1.09. The first-order chi connectivity index (χ1) is 25.2. The summed E-state index contributed by atoms with van der Waals surface area (Å²) in [4.78, 5) is 0. The fourth-order valence-electron chi connectivity index (χ4n) is 8.32. The van der Waals surface area contributed by atoms with Crippen LogP contribution in [0.25, 0.3) is 109 Å². The summed E-state index contributed by atoms with van der Waals surface area (Å²) < 4.78 is 6.39. The monoisotopic (exact) mass is 646 g/mol. The van der Waals surface area contributed by atoms with Crippen LogP contribution in [-0.4, -0.2) is 0 Å². The van der Waals surface area contributed by atoms with Gasteiger partial charge in [-0.15, -0.1) is 0 Å². The molecule has 51 heavy (non-hydrogen) atoms. The zero-order valence-electron chi connectivity index (χ0n) is 27.7. The SMILES string of the molecule is c1ccc2cc(-c3ccc4cc(-c5c6ccccc6c(-c6ccc7oc8cc9ccccc9cc8c7c6)c6ccccc56)ccc4c3)ccc2c1. The molecule has 0 aliphatic rings. The molecule has 1 heteroatoms. The van der Waals surface area contributed by atoms with Crippen molar-refractivity contribution in [3.8, 4) is 33.4 Å². The van der Waals surface area contributed by atoms with E-state index in [0.717, 1.165) is 21.9 Å². The van der Waals surface area contributed by atoms with Crippen LogP contribution in [0.5, 0.6) is 0 Å². The molecule has 0 amide bonds. The third-order valence-corrected chi connectivity index (χ3v) is 10.8. The van der Waals surface area contributed by atoms with Gasteiger partial charge in [-0.25, -0.2) is 0 Å². The fourth-order valence-corrected chi connectivity index (χ4v) is 8.32. The van der Waals surface area contributed by atoms with Gasteiger partial charge in [0.05, 0.1) is 0 Å². The normalized spacial score (nSPS) is 11.9. The lowest BCUT2D eigenvalue weighted by atomic mass is 9.85. The van der Waals surface area contributed by atoms with Crippen LogP contribution in [0.2, 0.25) is 0 Å². The topological polar surface area (TPSA) is 13.1 Å². The summed E-state index contributed by atoms with van der Waals surface area (Å²) in [5, 5.41) is 14.7.